The zero-order valence-corrected chi connectivity index (χ0v) is 11.3. The number of carbonyl (C=O) groups excluding carboxylic acids is 1. The molecule has 1 amide bonds. The standard InChI is InChI=1S/C14H22N2O2/c1-4-15-11(2)12-5-7-13(8-6-12)16-14(17)9-10-18-3/h5-8,11,15H,4,9-10H2,1-3H3,(H,16,17). The largest absolute Gasteiger partial charge is 0.384 e. The molecule has 0 aliphatic rings. The van der Waals surface area contributed by atoms with Gasteiger partial charge in [0.25, 0.3) is 0 Å². The van der Waals surface area contributed by atoms with Gasteiger partial charge in [-0.25, -0.2) is 0 Å². The van der Waals surface area contributed by atoms with Crippen LogP contribution in [0.3, 0.4) is 0 Å². The van der Waals surface area contributed by atoms with Crippen LogP contribution < -0.4 is 10.6 Å². The van der Waals surface area contributed by atoms with E-state index in [4.69, 9.17) is 4.74 Å². The summed E-state index contributed by atoms with van der Waals surface area (Å²) in [7, 11) is 1.59. The number of rotatable bonds is 7. The average Bonchev–Trinajstić information content (AvgIpc) is 2.37. The molecule has 1 unspecified atom stereocenters. The predicted octanol–water partition coefficient (Wildman–Crippen LogP) is 2.33. The Morgan fingerprint density at radius 1 is 1.33 bits per heavy atom. The van der Waals surface area contributed by atoms with E-state index in [1.165, 1.54) is 5.56 Å². The van der Waals surface area contributed by atoms with Gasteiger partial charge in [-0.15, -0.1) is 0 Å². The summed E-state index contributed by atoms with van der Waals surface area (Å²) in [5.41, 5.74) is 2.04. The third-order valence-corrected chi connectivity index (χ3v) is 2.74. The minimum Gasteiger partial charge on any atom is -0.384 e. The van der Waals surface area contributed by atoms with Crippen LogP contribution in [0.2, 0.25) is 0 Å². The highest BCUT2D eigenvalue weighted by molar-refractivity contribution is 5.90. The first-order valence-electron chi connectivity index (χ1n) is 6.29. The second kappa shape index (κ2) is 7.84. The van der Waals surface area contributed by atoms with Crippen LogP contribution >= 0.6 is 0 Å². The molecular weight excluding hydrogens is 228 g/mol. The number of nitrogens with one attached hydrogen (secondary N) is 2. The first-order valence-corrected chi connectivity index (χ1v) is 6.29. The molecular formula is C14H22N2O2. The van der Waals surface area contributed by atoms with Crippen LogP contribution in [0.15, 0.2) is 24.3 Å². The molecule has 18 heavy (non-hydrogen) atoms. The van der Waals surface area contributed by atoms with Gasteiger partial charge < -0.3 is 15.4 Å². The van der Waals surface area contributed by atoms with E-state index in [1.54, 1.807) is 7.11 Å². The van der Waals surface area contributed by atoms with Crippen molar-refractivity contribution in [2.75, 3.05) is 25.6 Å². The summed E-state index contributed by atoms with van der Waals surface area (Å²) in [5.74, 6) is -0.0238. The SMILES string of the molecule is CCNC(C)c1ccc(NC(=O)CCOC)cc1. The third-order valence-electron chi connectivity index (χ3n) is 2.74. The molecule has 0 fully saturated rings. The van der Waals surface area contributed by atoms with E-state index in [-0.39, 0.29) is 5.91 Å². The summed E-state index contributed by atoms with van der Waals surface area (Å²) in [6.45, 7) is 5.59. The minimum absolute atomic E-state index is 0.0238. The number of anilines is 1. The van der Waals surface area contributed by atoms with Crippen molar-refractivity contribution in [2.24, 2.45) is 0 Å². The molecule has 4 heteroatoms. The molecule has 2 N–H and O–H groups in total. The molecule has 1 rings (SSSR count). The maximum atomic E-state index is 11.5. The zero-order chi connectivity index (χ0) is 13.4. The Labute approximate surface area is 109 Å². The van der Waals surface area contributed by atoms with E-state index in [0.717, 1.165) is 12.2 Å². The number of carbonyl (C=O) groups is 1. The molecule has 100 valence electrons. The average molecular weight is 250 g/mol. The lowest BCUT2D eigenvalue weighted by atomic mass is 10.1. The van der Waals surface area contributed by atoms with Gasteiger partial charge in [-0.2, -0.15) is 0 Å². The van der Waals surface area contributed by atoms with E-state index in [9.17, 15) is 4.79 Å². The van der Waals surface area contributed by atoms with Crippen molar-refractivity contribution in [3.63, 3.8) is 0 Å². The molecule has 0 aliphatic carbocycles. The fourth-order valence-electron chi connectivity index (χ4n) is 1.70. The zero-order valence-electron chi connectivity index (χ0n) is 11.3. The summed E-state index contributed by atoms with van der Waals surface area (Å²) in [4.78, 5) is 11.5. The summed E-state index contributed by atoms with van der Waals surface area (Å²) >= 11 is 0. The molecule has 0 saturated heterocycles. The second-order valence-corrected chi connectivity index (χ2v) is 4.19. The third kappa shape index (κ3) is 4.85. The molecule has 0 spiro atoms. The summed E-state index contributed by atoms with van der Waals surface area (Å²) in [6, 6.07) is 8.23. The highest BCUT2D eigenvalue weighted by Gasteiger charge is 2.05. The van der Waals surface area contributed by atoms with E-state index in [2.05, 4.69) is 24.5 Å². The topological polar surface area (TPSA) is 50.4 Å². The van der Waals surface area contributed by atoms with Gasteiger partial charge in [0.15, 0.2) is 0 Å². The lowest BCUT2D eigenvalue weighted by molar-refractivity contribution is -0.117. The molecule has 0 aromatic heterocycles. The van der Waals surface area contributed by atoms with Crippen molar-refractivity contribution < 1.29 is 9.53 Å². The van der Waals surface area contributed by atoms with Gasteiger partial charge in [0.1, 0.15) is 0 Å². The number of benzene rings is 1. The Bertz CT molecular complexity index is 363. The van der Waals surface area contributed by atoms with Crippen LogP contribution in [0.1, 0.15) is 31.9 Å². The van der Waals surface area contributed by atoms with Crippen molar-refractivity contribution in [2.45, 2.75) is 26.3 Å². The number of ether oxygens (including phenoxy) is 1. The van der Waals surface area contributed by atoms with Gasteiger partial charge in [-0.05, 0) is 31.2 Å². The van der Waals surface area contributed by atoms with Crippen molar-refractivity contribution in [1.29, 1.82) is 0 Å². The van der Waals surface area contributed by atoms with Gasteiger partial charge in [0.2, 0.25) is 5.91 Å². The first-order chi connectivity index (χ1) is 8.67. The fraction of sp³-hybridized carbons (Fsp3) is 0.500. The highest BCUT2D eigenvalue weighted by Crippen LogP contribution is 2.15. The molecule has 4 nitrogen and oxygen atoms in total. The summed E-state index contributed by atoms with van der Waals surface area (Å²) in [5, 5.41) is 6.18. The monoisotopic (exact) mass is 250 g/mol. The van der Waals surface area contributed by atoms with Crippen LogP contribution in [0, 0.1) is 0 Å². The Morgan fingerprint density at radius 3 is 2.56 bits per heavy atom. The van der Waals surface area contributed by atoms with Crippen LogP contribution in [0.5, 0.6) is 0 Å². The van der Waals surface area contributed by atoms with Gasteiger partial charge in [-0.3, -0.25) is 4.79 Å². The van der Waals surface area contributed by atoms with Crippen molar-refractivity contribution >= 4 is 11.6 Å². The predicted molar refractivity (Wildman–Crippen MR) is 73.7 cm³/mol. The molecule has 0 radical (unpaired) electrons. The van der Waals surface area contributed by atoms with Crippen LogP contribution in [0.25, 0.3) is 0 Å². The van der Waals surface area contributed by atoms with Crippen molar-refractivity contribution in [3.05, 3.63) is 29.8 Å². The molecule has 0 aliphatic heterocycles. The minimum atomic E-state index is -0.0238. The summed E-state index contributed by atoms with van der Waals surface area (Å²) < 4.78 is 4.86. The maximum absolute atomic E-state index is 11.5. The van der Waals surface area contributed by atoms with E-state index >= 15 is 0 Å². The normalized spacial score (nSPS) is 12.2. The van der Waals surface area contributed by atoms with E-state index < -0.39 is 0 Å². The Kier molecular flexibility index (Phi) is 6.39. The summed E-state index contributed by atoms with van der Waals surface area (Å²) in [6.07, 6.45) is 0.381. The van der Waals surface area contributed by atoms with Gasteiger partial charge in [0.05, 0.1) is 13.0 Å². The number of hydrogen-bond donors (Lipinski definition) is 2. The lowest BCUT2D eigenvalue weighted by Crippen LogP contribution is -2.18. The lowest BCUT2D eigenvalue weighted by Gasteiger charge is -2.13. The molecule has 0 heterocycles. The first kappa shape index (κ1) is 14.7. The molecule has 1 aromatic carbocycles. The van der Waals surface area contributed by atoms with Gasteiger partial charge >= 0.3 is 0 Å². The van der Waals surface area contributed by atoms with Crippen LogP contribution in [0.4, 0.5) is 5.69 Å². The van der Waals surface area contributed by atoms with Crippen LogP contribution in [-0.2, 0) is 9.53 Å². The molecule has 1 atom stereocenters. The highest BCUT2D eigenvalue weighted by atomic mass is 16.5. The number of methoxy groups -OCH3 is 1. The molecule has 0 bridgehead atoms. The van der Waals surface area contributed by atoms with Gasteiger partial charge in [-0.1, -0.05) is 19.1 Å². The smallest absolute Gasteiger partial charge is 0.226 e. The Morgan fingerprint density at radius 2 is 2.00 bits per heavy atom. The Hall–Kier alpha value is -1.39. The Balaban J connectivity index is 2.52. The van der Waals surface area contributed by atoms with E-state index in [1.807, 2.05) is 24.3 Å². The fourth-order valence-corrected chi connectivity index (χ4v) is 1.70. The van der Waals surface area contributed by atoms with Gasteiger partial charge in [0, 0.05) is 18.8 Å². The van der Waals surface area contributed by atoms with Crippen molar-refractivity contribution in [3.8, 4) is 0 Å². The molecule has 1 aromatic rings. The quantitative estimate of drug-likeness (QED) is 0.781. The van der Waals surface area contributed by atoms with Crippen LogP contribution in [-0.4, -0.2) is 26.2 Å². The second-order valence-electron chi connectivity index (χ2n) is 4.19. The maximum Gasteiger partial charge on any atom is 0.226 e. The van der Waals surface area contributed by atoms with Crippen molar-refractivity contribution in [1.82, 2.24) is 5.32 Å². The number of hydrogen-bond acceptors (Lipinski definition) is 3. The number of amides is 1. The molecule has 0 saturated carbocycles. The van der Waals surface area contributed by atoms with E-state index in [0.29, 0.717) is 19.1 Å².